The molecule has 0 unspecified atom stereocenters. The van der Waals surface area contributed by atoms with Crippen molar-refractivity contribution < 1.29 is 18.7 Å². The van der Waals surface area contributed by atoms with E-state index < -0.39 is 17.8 Å². The Bertz CT molecular complexity index is 1100. The van der Waals surface area contributed by atoms with E-state index in [1.165, 1.54) is 12.1 Å². The van der Waals surface area contributed by atoms with Crippen LogP contribution in [0.1, 0.15) is 30.4 Å². The van der Waals surface area contributed by atoms with Gasteiger partial charge in [-0.15, -0.1) is 0 Å². The van der Waals surface area contributed by atoms with Crippen LogP contribution in [-0.2, 0) is 14.3 Å². The number of ketones is 1. The quantitative estimate of drug-likeness (QED) is 0.450. The average Bonchev–Trinajstić information content (AvgIpc) is 2.73. The van der Waals surface area contributed by atoms with Crippen LogP contribution < -0.4 is 0 Å². The second-order valence-electron chi connectivity index (χ2n) is 7.23. The standard InChI is InChI=1S/C25H21FO3/c1-2-29-25(28)24-22(17-9-11-21(26)12-10-17)14-20(15-23(24)27)19-8-7-16-5-3-4-6-18(16)13-19/h3-13,15,22,24H,2,14H2,1H3/t22-,24-/m1/s1. The largest absolute Gasteiger partial charge is 0.465 e. The third-order valence-corrected chi connectivity index (χ3v) is 5.42. The summed E-state index contributed by atoms with van der Waals surface area (Å²) in [5.41, 5.74) is 2.58. The Hall–Kier alpha value is -3.27. The maximum Gasteiger partial charge on any atom is 0.317 e. The van der Waals surface area contributed by atoms with Crippen molar-refractivity contribution in [2.45, 2.75) is 19.3 Å². The fourth-order valence-corrected chi connectivity index (χ4v) is 4.00. The Morgan fingerprint density at radius 2 is 1.76 bits per heavy atom. The van der Waals surface area contributed by atoms with E-state index in [1.807, 2.05) is 36.4 Å². The van der Waals surface area contributed by atoms with Crippen molar-refractivity contribution in [3.63, 3.8) is 0 Å². The third-order valence-electron chi connectivity index (χ3n) is 5.42. The SMILES string of the molecule is CCOC(=O)[C@H]1C(=O)C=C(c2ccc3ccccc3c2)C[C@@H]1c1ccc(F)cc1. The summed E-state index contributed by atoms with van der Waals surface area (Å²) in [5.74, 6) is -2.46. The average molecular weight is 388 g/mol. The highest BCUT2D eigenvalue weighted by molar-refractivity contribution is 6.11. The van der Waals surface area contributed by atoms with Gasteiger partial charge in [-0.25, -0.2) is 4.39 Å². The van der Waals surface area contributed by atoms with E-state index in [0.29, 0.717) is 6.42 Å². The van der Waals surface area contributed by atoms with Crippen LogP contribution in [0.15, 0.2) is 72.8 Å². The zero-order valence-electron chi connectivity index (χ0n) is 16.1. The molecule has 0 amide bonds. The fourth-order valence-electron chi connectivity index (χ4n) is 4.00. The van der Waals surface area contributed by atoms with Gasteiger partial charge in [-0.3, -0.25) is 9.59 Å². The molecule has 0 aromatic heterocycles. The predicted molar refractivity (Wildman–Crippen MR) is 111 cm³/mol. The highest BCUT2D eigenvalue weighted by Gasteiger charge is 2.39. The molecule has 2 atom stereocenters. The number of esters is 1. The van der Waals surface area contributed by atoms with Crippen molar-refractivity contribution in [1.29, 1.82) is 0 Å². The highest BCUT2D eigenvalue weighted by atomic mass is 19.1. The summed E-state index contributed by atoms with van der Waals surface area (Å²) in [6, 6.07) is 20.1. The van der Waals surface area contributed by atoms with Crippen molar-refractivity contribution in [2.75, 3.05) is 6.61 Å². The van der Waals surface area contributed by atoms with Gasteiger partial charge in [0.15, 0.2) is 5.78 Å². The molecule has 4 heteroatoms. The molecule has 29 heavy (non-hydrogen) atoms. The van der Waals surface area contributed by atoms with E-state index in [4.69, 9.17) is 4.74 Å². The number of hydrogen-bond acceptors (Lipinski definition) is 3. The van der Waals surface area contributed by atoms with Crippen LogP contribution in [0.3, 0.4) is 0 Å². The van der Waals surface area contributed by atoms with E-state index in [1.54, 1.807) is 25.1 Å². The smallest absolute Gasteiger partial charge is 0.317 e. The molecule has 1 aliphatic rings. The van der Waals surface area contributed by atoms with Crippen molar-refractivity contribution in [3.05, 3.63) is 89.8 Å². The Labute approximate surface area is 168 Å². The number of carbonyl (C=O) groups is 2. The Kier molecular flexibility index (Phi) is 5.26. The number of allylic oxidation sites excluding steroid dienone is 2. The third kappa shape index (κ3) is 3.83. The lowest BCUT2D eigenvalue weighted by molar-refractivity contribution is -0.151. The number of benzene rings is 3. The lowest BCUT2D eigenvalue weighted by atomic mass is 9.73. The molecule has 4 rings (SSSR count). The van der Waals surface area contributed by atoms with Crippen LogP contribution in [0.2, 0.25) is 0 Å². The minimum Gasteiger partial charge on any atom is -0.465 e. The molecule has 0 N–H and O–H groups in total. The normalized spacial score (nSPS) is 19.1. The van der Waals surface area contributed by atoms with Gasteiger partial charge in [-0.2, -0.15) is 0 Å². The van der Waals surface area contributed by atoms with E-state index in [0.717, 1.165) is 27.5 Å². The zero-order chi connectivity index (χ0) is 20.4. The van der Waals surface area contributed by atoms with Crippen LogP contribution >= 0.6 is 0 Å². The summed E-state index contributed by atoms with van der Waals surface area (Å²) in [6.45, 7) is 1.93. The van der Waals surface area contributed by atoms with E-state index in [2.05, 4.69) is 6.07 Å². The molecular formula is C25H21FO3. The van der Waals surface area contributed by atoms with Gasteiger partial charge < -0.3 is 4.74 Å². The molecular weight excluding hydrogens is 367 g/mol. The summed E-state index contributed by atoms with van der Waals surface area (Å²) in [6.07, 6.45) is 2.06. The first-order valence-electron chi connectivity index (χ1n) is 9.72. The van der Waals surface area contributed by atoms with E-state index in [-0.39, 0.29) is 18.2 Å². The molecule has 0 fully saturated rings. The molecule has 3 nitrogen and oxygen atoms in total. The Morgan fingerprint density at radius 1 is 1.03 bits per heavy atom. The number of halogens is 1. The van der Waals surface area contributed by atoms with Crippen LogP contribution in [0.4, 0.5) is 4.39 Å². The first kappa shape index (κ1) is 19.1. The van der Waals surface area contributed by atoms with Crippen LogP contribution in [0.25, 0.3) is 16.3 Å². The lowest BCUT2D eigenvalue weighted by Crippen LogP contribution is -2.34. The Morgan fingerprint density at radius 3 is 2.48 bits per heavy atom. The predicted octanol–water partition coefficient (Wildman–Crippen LogP) is 5.30. The van der Waals surface area contributed by atoms with Gasteiger partial charge in [0.1, 0.15) is 11.7 Å². The lowest BCUT2D eigenvalue weighted by Gasteiger charge is -2.29. The van der Waals surface area contributed by atoms with Gasteiger partial charge in [0, 0.05) is 5.92 Å². The topological polar surface area (TPSA) is 43.4 Å². The zero-order valence-corrected chi connectivity index (χ0v) is 16.1. The van der Waals surface area contributed by atoms with E-state index >= 15 is 0 Å². The minimum absolute atomic E-state index is 0.208. The number of rotatable bonds is 4. The summed E-state index contributed by atoms with van der Waals surface area (Å²) in [5, 5.41) is 2.21. The molecule has 0 saturated heterocycles. The highest BCUT2D eigenvalue weighted by Crippen LogP contribution is 2.40. The molecule has 146 valence electrons. The first-order valence-corrected chi connectivity index (χ1v) is 9.72. The summed E-state index contributed by atoms with van der Waals surface area (Å²) >= 11 is 0. The van der Waals surface area contributed by atoms with Gasteiger partial charge in [0.05, 0.1) is 6.61 Å². The second-order valence-corrected chi connectivity index (χ2v) is 7.23. The maximum absolute atomic E-state index is 13.4. The molecule has 3 aromatic rings. The van der Waals surface area contributed by atoms with Gasteiger partial charge >= 0.3 is 5.97 Å². The van der Waals surface area contributed by atoms with Gasteiger partial charge in [-0.05, 0) is 65.1 Å². The monoisotopic (exact) mass is 388 g/mol. The van der Waals surface area contributed by atoms with Crippen LogP contribution in [0.5, 0.6) is 0 Å². The number of hydrogen-bond donors (Lipinski definition) is 0. The fraction of sp³-hybridized carbons (Fsp3) is 0.200. The van der Waals surface area contributed by atoms with Gasteiger partial charge in [-0.1, -0.05) is 48.5 Å². The van der Waals surface area contributed by atoms with Crippen LogP contribution in [0, 0.1) is 11.7 Å². The molecule has 1 aliphatic carbocycles. The first-order chi connectivity index (χ1) is 14.1. The van der Waals surface area contributed by atoms with Crippen molar-refractivity contribution in [1.82, 2.24) is 0 Å². The second kappa shape index (κ2) is 8.00. The maximum atomic E-state index is 13.4. The number of carbonyl (C=O) groups excluding carboxylic acids is 2. The van der Waals surface area contributed by atoms with Crippen LogP contribution in [-0.4, -0.2) is 18.4 Å². The molecule has 0 aliphatic heterocycles. The molecule has 0 heterocycles. The van der Waals surface area contributed by atoms with Crippen molar-refractivity contribution in [3.8, 4) is 0 Å². The number of fused-ring (bicyclic) bond motifs is 1. The van der Waals surface area contributed by atoms with Gasteiger partial charge in [0.25, 0.3) is 0 Å². The Balaban J connectivity index is 1.76. The number of ether oxygens (including phenoxy) is 1. The molecule has 3 aromatic carbocycles. The molecule has 0 saturated carbocycles. The summed E-state index contributed by atoms with van der Waals surface area (Å²) in [4.78, 5) is 25.5. The van der Waals surface area contributed by atoms with E-state index in [9.17, 15) is 14.0 Å². The molecule has 0 spiro atoms. The van der Waals surface area contributed by atoms with Gasteiger partial charge in [0.2, 0.25) is 0 Å². The van der Waals surface area contributed by atoms with Crippen molar-refractivity contribution in [2.24, 2.45) is 5.92 Å². The molecule has 0 radical (unpaired) electrons. The van der Waals surface area contributed by atoms with Crippen molar-refractivity contribution >= 4 is 28.1 Å². The molecule has 0 bridgehead atoms. The summed E-state index contributed by atoms with van der Waals surface area (Å²) < 4.78 is 18.6. The minimum atomic E-state index is -0.912. The summed E-state index contributed by atoms with van der Waals surface area (Å²) in [7, 11) is 0.